The Morgan fingerprint density at radius 1 is 0.964 bits per heavy atom. The van der Waals surface area contributed by atoms with E-state index < -0.39 is 5.97 Å². The van der Waals surface area contributed by atoms with Crippen molar-refractivity contribution in [2.75, 3.05) is 5.32 Å². The molecule has 0 saturated heterocycles. The molecule has 28 heavy (non-hydrogen) atoms. The summed E-state index contributed by atoms with van der Waals surface area (Å²) in [5.74, 6) is 0.0483. The standard InChI is InChI=1S/C21H16BrN3O2S/c22-17-10-8-16(9-11-17)20(26)27-19-12-6-15(7-13-19)14-23-25-21(28)24-18-4-2-1-3-5-18/h1-14H,(H2,24,25,28)/b23-14-. The highest BCUT2D eigenvalue weighted by molar-refractivity contribution is 9.10. The van der Waals surface area contributed by atoms with Gasteiger partial charge in [-0.1, -0.05) is 34.1 Å². The van der Waals surface area contributed by atoms with Crippen LogP contribution in [0.1, 0.15) is 15.9 Å². The van der Waals surface area contributed by atoms with Crippen LogP contribution in [0.5, 0.6) is 5.75 Å². The van der Waals surface area contributed by atoms with Crippen LogP contribution < -0.4 is 15.5 Å². The predicted octanol–water partition coefficient (Wildman–Crippen LogP) is 4.99. The number of esters is 1. The minimum atomic E-state index is -0.409. The second-order valence-corrected chi connectivity index (χ2v) is 6.98. The van der Waals surface area contributed by atoms with Crippen LogP contribution >= 0.6 is 28.1 Å². The molecule has 0 radical (unpaired) electrons. The van der Waals surface area contributed by atoms with E-state index in [2.05, 4.69) is 31.8 Å². The molecule has 2 N–H and O–H groups in total. The van der Waals surface area contributed by atoms with Crippen molar-refractivity contribution in [3.8, 4) is 5.75 Å². The fourth-order valence-corrected chi connectivity index (χ4v) is 2.65. The van der Waals surface area contributed by atoms with Crippen LogP contribution in [0.25, 0.3) is 0 Å². The van der Waals surface area contributed by atoms with E-state index in [1.165, 1.54) is 0 Å². The lowest BCUT2D eigenvalue weighted by Crippen LogP contribution is -2.23. The van der Waals surface area contributed by atoms with Crippen molar-refractivity contribution in [3.63, 3.8) is 0 Å². The monoisotopic (exact) mass is 453 g/mol. The maximum atomic E-state index is 12.1. The van der Waals surface area contributed by atoms with Gasteiger partial charge in [0.25, 0.3) is 0 Å². The molecule has 0 spiro atoms. The Kier molecular flexibility index (Phi) is 6.89. The largest absolute Gasteiger partial charge is 0.423 e. The van der Waals surface area contributed by atoms with Crippen molar-refractivity contribution in [2.45, 2.75) is 0 Å². The van der Waals surface area contributed by atoms with Crippen LogP contribution in [0.2, 0.25) is 0 Å². The van der Waals surface area contributed by atoms with Gasteiger partial charge < -0.3 is 10.1 Å². The van der Waals surface area contributed by atoms with E-state index in [1.807, 2.05) is 30.3 Å². The second-order valence-electron chi connectivity index (χ2n) is 5.66. The molecule has 3 aromatic rings. The van der Waals surface area contributed by atoms with Gasteiger partial charge in [-0.05, 0) is 78.4 Å². The quantitative estimate of drug-likeness (QED) is 0.187. The van der Waals surface area contributed by atoms with Gasteiger partial charge in [0.05, 0.1) is 11.8 Å². The number of halogens is 1. The van der Waals surface area contributed by atoms with Gasteiger partial charge in [-0.2, -0.15) is 5.10 Å². The van der Waals surface area contributed by atoms with Crippen LogP contribution in [-0.2, 0) is 0 Å². The number of hydrazone groups is 1. The Labute approximate surface area is 176 Å². The van der Waals surface area contributed by atoms with Gasteiger partial charge in [0, 0.05) is 10.2 Å². The summed E-state index contributed by atoms with van der Waals surface area (Å²) in [7, 11) is 0. The number of nitrogens with one attached hydrogen (secondary N) is 2. The molecule has 3 aromatic carbocycles. The normalized spacial score (nSPS) is 10.5. The molecule has 0 aliphatic heterocycles. The number of carbonyl (C=O) groups excluding carboxylic acids is 1. The molecule has 0 bridgehead atoms. The lowest BCUT2D eigenvalue weighted by Gasteiger charge is -2.06. The summed E-state index contributed by atoms with van der Waals surface area (Å²) < 4.78 is 6.26. The highest BCUT2D eigenvalue weighted by Gasteiger charge is 2.08. The van der Waals surface area contributed by atoms with Gasteiger partial charge in [0.15, 0.2) is 5.11 Å². The van der Waals surface area contributed by atoms with Crippen LogP contribution in [0.15, 0.2) is 88.4 Å². The average molecular weight is 454 g/mol. The number of hydrogen-bond donors (Lipinski definition) is 2. The maximum absolute atomic E-state index is 12.1. The Bertz CT molecular complexity index is 975. The van der Waals surface area contributed by atoms with Gasteiger partial charge in [-0.15, -0.1) is 0 Å². The Balaban J connectivity index is 1.51. The summed E-state index contributed by atoms with van der Waals surface area (Å²) >= 11 is 8.51. The minimum Gasteiger partial charge on any atom is -0.423 e. The number of rotatable bonds is 5. The summed E-state index contributed by atoms with van der Waals surface area (Å²) in [6.45, 7) is 0. The molecule has 0 unspecified atom stereocenters. The zero-order valence-electron chi connectivity index (χ0n) is 14.6. The fraction of sp³-hybridized carbons (Fsp3) is 0. The van der Waals surface area contributed by atoms with Crippen molar-refractivity contribution >= 4 is 51.1 Å². The summed E-state index contributed by atoms with van der Waals surface area (Å²) in [6.07, 6.45) is 1.62. The molecular weight excluding hydrogens is 438 g/mol. The Hall–Kier alpha value is -3.03. The van der Waals surface area contributed by atoms with Crippen molar-refractivity contribution < 1.29 is 9.53 Å². The molecule has 0 aliphatic carbocycles. The van der Waals surface area contributed by atoms with Gasteiger partial charge in [0.1, 0.15) is 5.75 Å². The van der Waals surface area contributed by atoms with Crippen LogP contribution in [0.3, 0.4) is 0 Å². The summed E-state index contributed by atoms with van der Waals surface area (Å²) in [5.41, 5.74) is 4.95. The number of carbonyl (C=O) groups is 1. The molecule has 0 saturated carbocycles. The first-order valence-corrected chi connectivity index (χ1v) is 9.53. The first-order chi connectivity index (χ1) is 13.6. The molecule has 3 rings (SSSR count). The fourth-order valence-electron chi connectivity index (χ4n) is 2.22. The van der Waals surface area contributed by atoms with Gasteiger partial charge >= 0.3 is 5.97 Å². The molecule has 0 atom stereocenters. The lowest BCUT2D eigenvalue weighted by atomic mass is 10.2. The van der Waals surface area contributed by atoms with E-state index in [1.54, 1.807) is 54.7 Å². The average Bonchev–Trinajstić information content (AvgIpc) is 2.70. The number of ether oxygens (including phenoxy) is 1. The highest BCUT2D eigenvalue weighted by atomic mass is 79.9. The minimum absolute atomic E-state index is 0.391. The molecule has 0 fully saturated rings. The highest BCUT2D eigenvalue weighted by Crippen LogP contribution is 2.15. The zero-order chi connectivity index (χ0) is 19.8. The molecule has 0 heterocycles. The number of nitrogens with zero attached hydrogens (tertiary/aromatic N) is 1. The molecule has 5 nitrogen and oxygen atoms in total. The summed E-state index contributed by atoms with van der Waals surface area (Å²) in [4.78, 5) is 12.1. The van der Waals surface area contributed by atoms with E-state index in [9.17, 15) is 4.79 Å². The summed E-state index contributed by atoms with van der Waals surface area (Å²) in [6, 6.07) is 23.6. The van der Waals surface area contributed by atoms with Crippen LogP contribution in [-0.4, -0.2) is 17.3 Å². The second kappa shape index (κ2) is 9.77. The van der Waals surface area contributed by atoms with Crippen molar-refractivity contribution in [1.29, 1.82) is 0 Å². The maximum Gasteiger partial charge on any atom is 0.343 e. The lowest BCUT2D eigenvalue weighted by molar-refractivity contribution is 0.0735. The van der Waals surface area contributed by atoms with E-state index in [4.69, 9.17) is 17.0 Å². The number of hydrogen-bond acceptors (Lipinski definition) is 4. The third kappa shape index (κ3) is 6.00. The molecule has 0 aliphatic rings. The number of anilines is 1. The molecule has 140 valence electrons. The van der Waals surface area contributed by atoms with E-state index in [0.29, 0.717) is 16.4 Å². The number of thiocarbonyl (C=S) groups is 1. The van der Waals surface area contributed by atoms with Crippen LogP contribution in [0.4, 0.5) is 5.69 Å². The van der Waals surface area contributed by atoms with E-state index in [0.717, 1.165) is 15.7 Å². The predicted molar refractivity (Wildman–Crippen MR) is 119 cm³/mol. The molecule has 7 heteroatoms. The topological polar surface area (TPSA) is 62.7 Å². The Morgan fingerprint density at radius 3 is 2.32 bits per heavy atom. The van der Waals surface area contributed by atoms with E-state index >= 15 is 0 Å². The third-order valence-corrected chi connectivity index (χ3v) is 4.30. The number of benzene rings is 3. The van der Waals surface area contributed by atoms with Crippen molar-refractivity contribution in [1.82, 2.24) is 5.43 Å². The number of para-hydroxylation sites is 1. The van der Waals surface area contributed by atoms with Crippen molar-refractivity contribution in [3.05, 3.63) is 94.5 Å². The first kappa shape index (κ1) is 19.7. The Morgan fingerprint density at radius 2 is 1.64 bits per heavy atom. The molecule has 0 aromatic heterocycles. The van der Waals surface area contributed by atoms with Gasteiger partial charge in [-0.3, -0.25) is 5.43 Å². The van der Waals surface area contributed by atoms with E-state index in [-0.39, 0.29) is 0 Å². The first-order valence-electron chi connectivity index (χ1n) is 8.33. The van der Waals surface area contributed by atoms with Gasteiger partial charge in [-0.25, -0.2) is 4.79 Å². The van der Waals surface area contributed by atoms with Gasteiger partial charge in [0.2, 0.25) is 0 Å². The molecular formula is C21H16BrN3O2S. The molecule has 0 amide bonds. The SMILES string of the molecule is O=C(Oc1ccc(/C=N\NC(=S)Nc2ccccc2)cc1)c1ccc(Br)cc1. The third-order valence-electron chi connectivity index (χ3n) is 3.58. The smallest absolute Gasteiger partial charge is 0.343 e. The van der Waals surface area contributed by atoms with Crippen LogP contribution in [0, 0.1) is 0 Å². The zero-order valence-corrected chi connectivity index (χ0v) is 17.0. The summed E-state index contributed by atoms with van der Waals surface area (Å²) in [5, 5.41) is 7.51. The van der Waals surface area contributed by atoms with Crippen molar-refractivity contribution in [2.24, 2.45) is 5.10 Å².